The molecule has 0 radical (unpaired) electrons. The number of nitrogens with one attached hydrogen (secondary N) is 1. The van der Waals surface area contributed by atoms with Gasteiger partial charge in [-0.2, -0.15) is 0 Å². The van der Waals surface area contributed by atoms with Crippen LogP contribution in [0, 0.1) is 5.92 Å². The van der Waals surface area contributed by atoms with Crippen LogP contribution in [0.2, 0.25) is 0 Å². The fourth-order valence-corrected chi connectivity index (χ4v) is 2.17. The van der Waals surface area contributed by atoms with Gasteiger partial charge in [0.05, 0.1) is 12.1 Å². The summed E-state index contributed by atoms with van der Waals surface area (Å²) in [6.07, 6.45) is 2.84. The second kappa shape index (κ2) is 4.88. The maximum Gasteiger partial charge on any atom is 0.245 e. The van der Waals surface area contributed by atoms with Crippen LogP contribution in [0.3, 0.4) is 0 Å². The van der Waals surface area contributed by atoms with Gasteiger partial charge in [-0.15, -0.1) is 0 Å². The number of ether oxygens (including phenoxy) is 1. The molecule has 2 rings (SSSR count). The highest BCUT2D eigenvalue weighted by molar-refractivity contribution is 5.95. The molecule has 1 unspecified atom stereocenters. The van der Waals surface area contributed by atoms with Crippen LogP contribution in [0.1, 0.15) is 33.1 Å². The van der Waals surface area contributed by atoms with Gasteiger partial charge in [0.25, 0.3) is 0 Å². The molecule has 0 aromatic carbocycles. The lowest BCUT2D eigenvalue weighted by molar-refractivity contribution is -0.145. The number of nitrogens with zero attached hydrogens (tertiary/aromatic N) is 1. The Bertz CT molecular complexity index is 350. The molecular weight excluding hydrogens is 232 g/mol. The average molecular weight is 254 g/mol. The summed E-state index contributed by atoms with van der Waals surface area (Å²) in [5.41, 5.74) is -0.261. The minimum Gasteiger partial charge on any atom is -0.379 e. The molecule has 5 nitrogen and oxygen atoms in total. The fraction of sp³-hybridized carbons (Fsp3) is 0.846. The van der Waals surface area contributed by atoms with Crippen LogP contribution in [0.5, 0.6) is 0 Å². The van der Waals surface area contributed by atoms with Crippen molar-refractivity contribution in [2.24, 2.45) is 5.92 Å². The lowest BCUT2D eigenvalue weighted by Crippen LogP contribution is -2.59. The third kappa shape index (κ3) is 3.02. The average Bonchev–Trinajstić information content (AvgIpc) is 3.14. The van der Waals surface area contributed by atoms with E-state index in [1.807, 2.05) is 13.8 Å². The van der Waals surface area contributed by atoms with Gasteiger partial charge in [-0.05, 0) is 39.0 Å². The summed E-state index contributed by atoms with van der Waals surface area (Å²) in [6, 6.07) is -0.281. The molecule has 2 fully saturated rings. The van der Waals surface area contributed by atoms with Gasteiger partial charge in [-0.25, -0.2) is 0 Å². The smallest absolute Gasteiger partial charge is 0.245 e. The normalized spacial score (nSPS) is 25.3. The third-order valence-corrected chi connectivity index (χ3v) is 3.86. The molecule has 0 aromatic rings. The van der Waals surface area contributed by atoms with Gasteiger partial charge in [-0.1, -0.05) is 0 Å². The summed E-state index contributed by atoms with van der Waals surface area (Å²) in [5.74, 6) is 0.394. The quantitative estimate of drug-likeness (QED) is 0.779. The predicted octanol–water partition coefficient (Wildman–Crippen LogP) is 0.538. The molecule has 2 aliphatic rings. The van der Waals surface area contributed by atoms with Crippen LogP contribution in [-0.2, 0) is 14.3 Å². The van der Waals surface area contributed by atoms with Crippen molar-refractivity contribution in [2.45, 2.75) is 44.8 Å². The van der Waals surface area contributed by atoms with Crippen LogP contribution in [0.4, 0.5) is 0 Å². The molecule has 2 amide bonds. The summed E-state index contributed by atoms with van der Waals surface area (Å²) in [4.78, 5) is 25.5. The highest BCUT2D eigenvalue weighted by Crippen LogP contribution is 2.34. The predicted molar refractivity (Wildman–Crippen MR) is 66.9 cm³/mol. The number of carbonyl (C=O) groups excluding carboxylic acids is 2. The van der Waals surface area contributed by atoms with E-state index < -0.39 is 0 Å². The molecule has 102 valence electrons. The molecule has 1 aliphatic carbocycles. The molecule has 0 bridgehead atoms. The van der Waals surface area contributed by atoms with Crippen molar-refractivity contribution < 1.29 is 14.3 Å². The summed E-state index contributed by atoms with van der Waals surface area (Å²) in [7, 11) is 1.66. The summed E-state index contributed by atoms with van der Waals surface area (Å²) < 4.78 is 5.34. The zero-order valence-electron chi connectivity index (χ0n) is 11.4. The van der Waals surface area contributed by atoms with Crippen LogP contribution >= 0.6 is 0 Å². The highest BCUT2D eigenvalue weighted by atomic mass is 16.5. The van der Waals surface area contributed by atoms with Gasteiger partial charge in [0.1, 0.15) is 6.04 Å². The zero-order valence-corrected chi connectivity index (χ0v) is 11.4. The Morgan fingerprint density at radius 1 is 1.39 bits per heavy atom. The lowest BCUT2D eigenvalue weighted by atomic mass is 10.0. The molecule has 1 heterocycles. The largest absolute Gasteiger partial charge is 0.379 e. The SMILES string of the molecule is COC(C)(C)CCN1CC(=O)NC(C2CC2)C1=O. The maximum atomic E-state index is 12.2. The monoisotopic (exact) mass is 254 g/mol. The number of hydrogen-bond acceptors (Lipinski definition) is 3. The van der Waals surface area contributed by atoms with Gasteiger partial charge in [0, 0.05) is 13.7 Å². The Labute approximate surface area is 108 Å². The van der Waals surface area contributed by atoms with Gasteiger partial charge in [0.15, 0.2) is 0 Å². The first kappa shape index (κ1) is 13.3. The van der Waals surface area contributed by atoms with Crippen molar-refractivity contribution in [3.63, 3.8) is 0 Å². The zero-order chi connectivity index (χ0) is 13.3. The Morgan fingerprint density at radius 3 is 2.61 bits per heavy atom. The van der Waals surface area contributed by atoms with E-state index in [0.29, 0.717) is 12.5 Å². The number of rotatable bonds is 5. The summed E-state index contributed by atoms with van der Waals surface area (Å²) in [6.45, 7) is 4.73. The van der Waals surface area contributed by atoms with E-state index in [4.69, 9.17) is 4.74 Å². The van der Waals surface area contributed by atoms with E-state index in [-0.39, 0.29) is 30.0 Å². The molecular formula is C13H22N2O3. The van der Waals surface area contributed by atoms with Crippen LogP contribution < -0.4 is 5.32 Å². The molecule has 1 saturated carbocycles. The first-order valence-electron chi connectivity index (χ1n) is 6.56. The van der Waals surface area contributed by atoms with Gasteiger partial charge >= 0.3 is 0 Å². The van der Waals surface area contributed by atoms with Crippen molar-refractivity contribution >= 4 is 11.8 Å². The Kier molecular flexibility index (Phi) is 3.61. The van der Waals surface area contributed by atoms with E-state index >= 15 is 0 Å². The number of piperazine rings is 1. The third-order valence-electron chi connectivity index (χ3n) is 3.86. The van der Waals surface area contributed by atoms with Gasteiger partial charge < -0.3 is 15.0 Å². The minimum absolute atomic E-state index is 0.0401. The van der Waals surface area contributed by atoms with Gasteiger partial charge in [-0.3, -0.25) is 9.59 Å². The van der Waals surface area contributed by atoms with Crippen LogP contribution in [0.15, 0.2) is 0 Å². The second-order valence-corrected chi connectivity index (χ2v) is 5.86. The fourth-order valence-electron chi connectivity index (χ4n) is 2.17. The number of amides is 2. The molecule has 1 saturated heterocycles. The van der Waals surface area contributed by atoms with E-state index in [1.54, 1.807) is 12.0 Å². The van der Waals surface area contributed by atoms with E-state index in [9.17, 15) is 9.59 Å². The number of carbonyl (C=O) groups is 2. The van der Waals surface area contributed by atoms with Gasteiger partial charge in [0.2, 0.25) is 11.8 Å². The van der Waals surface area contributed by atoms with Crippen molar-refractivity contribution in [2.75, 3.05) is 20.2 Å². The second-order valence-electron chi connectivity index (χ2n) is 5.86. The van der Waals surface area contributed by atoms with E-state index in [0.717, 1.165) is 19.3 Å². The summed E-state index contributed by atoms with van der Waals surface area (Å²) in [5, 5.41) is 2.81. The lowest BCUT2D eigenvalue weighted by Gasteiger charge is -2.34. The molecule has 0 aromatic heterocycles. The highest BCUT2D eigenvalue weighted by Gasteiger charge is 2.42. The molecule has 5 heteroatoms. The number of hydrogen-bond donors (Lipinski definition) is 1. The van der Waals surface area contributed by atoms with E-state index in [2.05, 4.69) is 5.32 Å². The van der Waals surface area contributed by atoms with Crippen molar-refractivity contribution in [1.82, 2.24) is 10.2 Å². The van der Waals surface area contributed by atoms with Crippen molar-refractivity contribution in [1.29, 1.82) is 0 Å². The first-order valence-corrected chi connectivity index (χ1v) is 6.56. The van der Waals surface area contributed by atoms with Crippen molar-refractivity contribution in [3.8, 4) is 0 Å². The first-order chi connectivity index (χ1) is 8.43. The molecule has 0 spiro atoms. The Morgan fingerprint density at radius 2 is 2.06 bits per heavy atom. The molecule has 1 N–H and O–H groups in total. The van der Waals surface area contributed by atoms with Crippen molar-refractivity contribution in [3.05, 3.63) is 0 Å². The Balaban J connectivity index is 1.94. The Hall–Kier alpha value is -1.10. The molecule has 18 heavy (non-hydrogen) atoms. The van der Waals surface area contributed by atoms with Crippen LogP contribution in [0.25, 0.3) is 0 Å². The topological polar surface area (TPSA) is 58.6 Å². The maximum absolute atomic E-state index is 12.2. The van der Waals surface area contributed by atoms with E-state index in [1.165, 1.54) is 0 Å². The standard InChI is InChI=1S/C13H22N2O3/c1-13(2,18-3)6-7-15-8-10(16)14-11(12(15)17)9-4-5-9/h9,11H,4-8H2,1-3H3,(H,14,16). The summed E-state index contributed by atoms with van der Waals surface area (Å²) >= 11 is 0. The molecule has 1 atom stereocenters. The van der Waals surface area contributed by atoms with Crippen LogP contribution in [-0.4, -0.2) is 48.6 Å². The number of methoxy groups -OCH3 is 1. The minimum atomic E-state index is -0.281. The molecule has 1 aliphatic heterocycles.